The molecule has 1 saturated carbocycles. The number of ether oxygens (including phenoxy) is 1. The maximum Gasteiger partial charge on any atom is 0.310 e. The third-order valence-electron chi connectivity index (χ3n) is 3.83. The van der Waals surface area contributed by atoms with Gasteiger partial charge in [-0.15, -0.1) is 0 Å². The Bertz CT molecular complexity index is 421. The van der Waals surface area contributed by atoms with E-state index >= 15 is 0 Å². The van der Waals surface area contributed by atoms with Gasteiger partial charge >= 0.3 is 5.97 Å². The highest BCUT2D eigenvalue weighted by Crippen LogP contribution is 2.34. The zero-order valence-corrected chi connectivity index (χ0v) is 11.2. The molecule has 7 heteroatoms. The molecule has 3 unspecified atom stereocenters. The van der Waals surface area contributed by atoms with Crippen LogP contribution < -0.4 is 0 Å². The van der Waals surface area contributed by atoms with E-state index in [0.717, 1.165) is 6.42 Å². The second-order valence-electron chi connectivity index (χ2n) is 4.94. The van der Waals surface area contributed by atoms with E-state index in [1.807, 2.05) is 0 Å². The Balaban J connectivity index is 2.16. The topological polar surface area (TPSA) is 83.9 Å². The van der Waals surface area contributed by atoms with Crippen molar-refractivity contribution in [3.63, 3.8) is 0 Å². The zero-order valence-electron chi connectivity index (χ0n) is 10.4. The number of methoxy groups -OCH3 is 1. The predicted octanol–water partition coefficient (Wildman–Crippen LogP) is -0.275. The molecule has 0 aromatic heterocycles. The van der Waals surface area contributed by atoms with E-state index < -0.39 is 33.3 Å². The molecule has 1 heterocycles. The number of rotatable bonds is 3. The Morgan fingerprint density at radius 3 is 2.61 bits per heavy atom. The Hall–Kier alpha value is -0.660. The first-order valence-electron chi connectivity index (χ1n) is 6.21. The Kier molecular flexibility index (Phi) is 3.93. The predicted molar refractivity (Wildman–Crippen MR) is 64.3 cm³/mol. The fraction of sp³-hybridized carbons (Fsp3) is 0.909. The maximum atomic E-state index is 12.4. The van der Waals surface area contributed by atoms with Crippen LogP contribution in [-0.2, 0) is 19.6 Å². The lowest BCUT2D eigenvalue weighted by atomic mass is 10.1. The van der Waals surface area contributed by atoms with Crippen LogP contribution >= 0.6 is 0 Å². The van der Waals surface area contributed by atoms with E-state index in [2.05, 4.69) is 4.74 Å². The summed E-state index contributed by atoms with van der Waals surface area (Å²) in [6.45, 7) is 0.487. The quantitative estimate of drug-likeness (QED) is 0.718. The van der Waals surface area contributed by atoms with Crippen molar-refractivity contribution >= 4 is 16.0 Å². The van der Waals surface area contributed by atoms with Gasteiger partial charge in [-0.05, 0) is 19.3 Å². The first kappa shape index (κ1) is 13.8. The minimum absolute atomic E-state index is 0.146. The summed E-state index contributed by atoms with van der Waals surface area (Å²) in [4.78, 5) is 11.6. The molecule has 2 fully saturated rings. The number of β-amino-alcohol motifs (C(OH)–C–C–N with tert-alkyl or cyclic N) is 1. The molecule has 0 radical (unpaired) electrons. The summed E-state index contributed by atoms with van der Waals surface area (Å²) in [6, 6.07) is 0. The van der Waals surface area contributed by atoms with E-state index in [0.29, 0.717) is 25.8 Å². The molecule has 0 spiro atoms. The summed E-state index contributed by atoms with van der Waals surface area (Å²) >= 11 is 0. The molecule has 1 aliphatic heterocycles. The van der Waals surface area contributed by atoms with Gasteiger partial charge in [-0.3, -0.25) is 4.79 Å². The van der Waals surface area contributed by atoms with Crippen molar-refractivity contribution < 1.29 is 23.1 Å². The normalized spacial score (nSPS) is 33.8. The standard InChI is InChI=1S/C11H19NO5S/c1-17-11(14)9-3-2-4-10(9)18(15,16)12-6-5-8(13)7-12/h8-10,13H,2-7H2,1H3. The van der Waals surface area contributed by atoms with Crippen molar-refractivity contribution in [3.8, 4) is 0 Å². The number of sulfonamides is 1. The molecule has 0 aromatic rings. The fourth-order valence-corrected chi connectivity index (χ4v) is 5.09. The lowest BCUT2D eigenvalue weighted by Gasteiger charge is -2.24. The maximum absolute atomic E-state index is 12.4. The van der Waals surface area contributed by atoms with E-state index in [-0.39, 0.29) is 6.54 Å². The van der Waals surface area contributed by atoms with Crippen molar-refractivity contribution in [2.75, 3.05) is 20.2 Å². The van der Waals surface area contributed by atoms with Gasteiger partial charge in [0, 0.05) is 13.1 Å². The summed E-state index contributed by atoms with van der Waals surface area (Å²) in [7, 11) is -2.22. The third kappa shape index (κ3) is 2.39. The molecular formula is C11H19NO5S. The lowest BCUT2D eigenvalue weighted by Crippen LogP contribution is -2.41. The molecule has 1 saturated heterocycles. The van der Waals surface area contributed by atoms with Gasteiger partial charge in [0.05, 0.1) is 24.4 Å². The summed E-state index contributed by atoms with van der Waals surface area (Å²) < 4.78 is 30.8. The summed E-state index contributed by atoms with van der Waals surface area (Å²) in [5.74, 6) is -1.00. The SMILES string of the molecule is COC(=O)C1CCCC1S(=O)(=O)N1CCC(O)C1. The first-order chi connectivity index (χ1) is 8.46. The molecule has 0 bridgehead atoms. The van der Waals surface area contributed by atoms with Crippen LogP contribution in [-0.4, -0.2) is 55.4 Å². The van der Waals surface area contributed by atoms with E-state index in [1.54, 1.807) is 0 Å². The molecule has 2 aliphatic rings. The van der Waals surface area contributed by atoms with Crippen LogP contribution in [0.2, 0.25) is 0 Å². The molecule has 2 rings (SSSR count). The van der Waals surface area contributed by atoms with Crippen LogP contribution in [0.3, 0.4) is 0 Å². The van der Waals surface area contributed by atoms with E-state index in [9.17, 15) is 18.3 Å². The molecule has 18 heavy (non-hydrogen) atoms. The van der Waals surface area contributed by atoms with Crippen molar-refractivity contribution in [1.29, 1.82) is 0 Å². The van der Waals surface area contributed by atoms with Crippen LogP contribution in [0.25, 0.3) is 0 Å². The summed E-state index contributed by atoms with van der Waals surface area (Å²) in [5, 5.41) is 8.74. The molecular weight excluding hydrogens is 258 g/mol. The molecule has 1 N–H and O–H groups in total. The smallest absolute Gasteiger partial charge is 0.310 e. The minimum atomic E-state index is -3.50. The van der Waals surface area contributed by atoms with Crippen LogP contribution in [0.1, 0.15) is 25.7 Å². The highest BCUT2D eigenvalue weighted by atomic mass is 32.2. The second kappa shape index (κ2) is 5.14. The highest BCUT2D eigenvalue weighted by Gasteiger charge is 2.46. The molecule has 1 aliphatic carbocycles. The second-order valence-corrected chi connectivity index (χ2v) is 7.10. The molecule has 6 nitrogen and oxygen atoms in total. The molecule has 3 atom stereocenters. The van der Waals surface area contributed by atoms with Crippen LogP contribution in [0.4, 0.5) is 0 Å². The number of carbonyl (C=O) groups is 1. The van der Waals surface area contributed by atoms with Crippen molar-refractivity contribution in [2.45, 2.75) is 37.0 Å². The van der Waals surface area contributed by atoms with Gasteiger partial charge in [0.25, 0.3) is 0 Å². The first-order valence-corrected chi connectivity index (χ1v) is 7.72. The average Bonchev–Trinajstić information content (AvgIpc) is 2.96. The largest absolute Gasteiger partial charge is 0.469 e. The Morgan fingerprint density at radius 2 is 2.06 bits per heavy atom. The number of esters is 1. The van der Waals surface area contributed by atoms with Crippen molar-refractivity contribution in [1.82, 2.24) is 4.31 Å². The van der Waals surface area contributed by atoms with Gasteiger partial charge in [-0.25, -0.2) is 8.42 Å². The summed E-state index contributed by atoms with van der Waals surface area (Å²) in [5.41, 5.74) is 0. The minimum Gasteiger partial charge on any atom is -0.469 e. The number of hydrogen-bond donors (Lipinski definition) is 1. The number of aliphatic hydroxyl groups is 1. The van der Waals surface area contributed by atoms with Gasteiger partial charge in [-0.1, -0.05) is 6.42 Å². The van der Waals surface area contributed by atoms with Crippen LogP contribution in [0.5, 0.6) is 0 Å². The molecule has 104 valence electrons. The monoisotopic (exact) mass is 277 g/mol. The number of hydrogen-bond acceptors (Lipinski definition) is 5. The fourth-order valence-electron chi connectivity index (χ4n) is 2.84. The Labute approximate surface area is 107 Å². The lowest BCUT2D eigenvalue weighted by molar-refractivity contribution is -0.145. The van der Waals surface area contributed by atoms with E-state index in [4.69, 9.17) is 0 Å². The van der Waals surface area contributed by atoms with Crippen molar-refractivity contribution in [3.05, 3.63) is 0 Å². The number of carbonyl (C=O) groups excluding carboxylic acids is 1. The van der Waals surface area contributed by atoms with Gasteiger partial charge < -0.3 is 9.84 Å². The summed E-state index contributed by atoms with van der Waals surface area (Å²) in [6.07, 6.45) is 1.66. The Morgan fingerprint density at radius 1 is 1.33 bits per heavy atom. The number of aliphatic hydroxyl groups excluding tert-OH is 1. The molecule has 0 amide bonds. The van der Waals surface area contributed by atoms with Gasteiger partial charge in [0.15, 0.2) is 0 Å². The number of nitrogens with zero attached hydrogens (tertiary/aromatic N) is 1. The highest BCUT2D eigenvalue weighted by molar-refractivity contribution is 7.89. The van der Waals surface area contributed by atoms with E-state index in [1.165, 1.54) is 11.4 Å². The van der Waals surface area contributed by atoms with Gasteiger partial charge in [0.1, 0.15) is 0 Å². The zero-order chi connectivity index (χ0) is 13.3. The van der Waals surface area contributed by atoms with Gasteiger partial charge in [0.2, 0.25) is 10.0 Å². The third-order valence-corrected chi connectivity index (χ3v) is 6.21. The van der Waals surface area contributed by atoms with Gasteiger partial charge in [-0.2, -0.15) is 4.31 Å². The average molecular weight is 277 g/mol. The van der Waals surface area contributed by atoms with Crippen molar-refractivity contribution in [2.24, 2.45) is 5.92 Å². The van der Waals surface area contributed by atoms with Crippen LogP contribution in [0, 0.1) is 5.92 Å². The molecule has 0 aromatic carbocycles. The van der Waals surface area contributed by atoms with Crippen LogP contribution in [0.15, 0.2) is 0 Å².